The zero-order valence-electron chi connectivity index (χ0n) is 7.04. The molecule has 62 valence electrons. The van der Waals surface area contributed by atoms with E-state index in [0.717, 1.165) is 12.8 Å². The Kier molecular flexibility index (Phi) is 5.94. The fourth-order valence-corrected chi connectivity index (χ4v) is 1.06. The summed E-state index contributed by atoms with van der Waals surface area (Å²) in [6, 6.07) is 0. The average molecular weight is 170 g/mol. The Morgan fingerprint density at radius 3 is 2.64 bits per heavy atom. The van der Waals surface area contributed by atoms with Crippen LogP contribution < -0.4 is 0 Å². The van der Waals surface area contributed by atoms with Gasteiger partial charge in [0.1, 0.15) is 0 Å². The smallest absolute Gasteiger partial charge is 0.152 e. The molecular formula is C9H14OS. The molecule has 0 radical (unpaired) electrons. The summed E-state index contributed by atoms with van der Waals surface area (Å²) in [5.74, 6) is 0.669. The molecule has 11 heavy (non-hydrogen) atoms. The molecule has 0 aromatic rings. The zero-order valence-corrected chi connectivity index (χ0v) is 7.86. The fraction of sp³-hybridized carbons (Fsp3) is 0.556. The lowest BCUT2D eigenvalue weighted by molar-refractivity contribution is -0.112. The van der Waals surface area contributed by atoms with Gasteiger partial charge in [-0.1, -0.05) is 25.2 Å². The van der Waals surface area contributed by atoms with Crippen LogP contribution in [0.5, 0.6) is 0 Å². The second kappa shape index (κ2) is 6.23. The number of allylic oxidation sites excluding steroid dienone is 2. The summed E-state index contributed by atoms with van der Waals surface area (Å²) >= 11 is 4.71. The maximum Gasteiger partial charge on any atom is 0.152 e. The van der Waals surface area contributed by atoms with Crippen molar-refractivity contribution in [1.82, 2.24) is 0 Å². The lowest BCUT2D eigenvalue weighted by Crippen LogP contribution is -1.92. The van der Waals surface area contributed by atoms with Gasteiger partial charge in [0.15, 0.2) is 5.78 Å². The second-order valence-corrected chi connectivity index (χ2v) is 3.09. The van der Waals surface area contributed by atoms with Crippen LogP contribution in [0, 0.1) is 5.92 Å². The Bertz CT molecular complexity index is 161. The number of ketones is 1. The van der Waals surface area contributed by atoms with Gasteiger partial charge in [-0.3, -0.25) is 4.79 Å². The third kappa shape index (κ3) is 7.40. The predicted molar refractivity (Wildman–Crippen MR) is 51.9 cm³/mol. The van der Waals surface area contributed by atoms with E-state index in [9.17, 15) is 4.79 Å². The second-order valence-electron chi connectivity index (χ2n) is 2.76. The molecule has 0 saturated carbocycles. The Labute approximate surface area is 73.5 Å². The van der Waals surface area contributed by atoms with Crippen molar-refractivity contribution in [2.24, 2.45) is 5.92 Å². The van der Waals surface area contributed by atoms with Crippen LogP contribution in [0.25, 0.3) is 0 Å². The lowest BCUT2D eigenvalue weighted by atomic mass is 10.1. The van der Waals surface area contributed by atoms with Gasteiger partial charge in [0.2, 0.25) is 0 Å². The first-order chi connectivity index (χ1) is 5.16. The van der Waals surface area contributed by atoms with Gasteiger partial charge in [-0.15, -0.1) is 0 Å². The summed E-state index contributed by atoms with van der Waals surface area (Å²) < 4.78 is 0. The van der Waals surface area contributed by atoms with Crippen LogP contribution in [0.15, 0.2) is 12.2 Å². The van der Waals surface area contributed by atoms with E-state index >= 15 is 0 Å². The summed E-state index contributed by atoms with van der Waals surface area (Å²) in [5.41, 5.74) is 0. The molecule has 1 nitrogen and oxygen atoms in total. The van der Waals surface area contributed by atoms with Crippen molar-refractivity contribution < 1.29 is 4.79 Å². The van der Waals surface area contributed by atoms with Gasteiger partial charge in [0.25, 0.3) is 0 Å². The Morgan fingerprint density at radius 1 is 1.55 bits per heavy atom. The van der Waals surface area contributed by atoms with Crippen LogP contribution in [0.3, 0.4) is 0 Å². The molecule has 0 N–H and O–H groups in total. The first-order valence-electron chi connectivity index (χ1n) is 3.77. The Hall–Kier alpha value is -0.500. The van der Waals surface area contributed by atoms with E-state index in [0.29, 0.717) is 5.92 Å². The van der Waals surface area contributed by atoms with Gasteiger partial charge < -0.3 is 0 Å². The van der Waals surface area contributed by atoms with Gasteiger partial charge in [-0.25, -0.2) is 0 Å². The van der Waals surface area contributed by atoms with Crippen LogP contribution >= 0.6 is 12.2 Å². The number of hydrogen-bond acceptors (Lipinski definition) is 2. The van der Waals surface area contributed by atoms with Crippen LogP contribution in [0.2, 0.25) is 0 Å². The SMILES string of the molecule is CC(=O)C=CCC(C)CC=S. The zero-order chi connectivity index (χ0) is 8.69. The van der Waals surface area contributed by atoms with Crippen LogP contribution in [-0.2, 0) is 4.79 Å². The molecule has 2 heteroatoms. The number of hydrogen-bond donors (Lipinski definition) is 0. The molecule has 0 bridgehead atoms. The van der Waals surface area contributed by atoms with Gasteiger partial charge in [-0.05, 0) is 37.1 Å². The molecule has 1 atom stereocenters. The van der Waals surface area contributed by atoms with E-state index in [1.165, 1.54) is 0 Å². The molecule has 0 aliphatic heterocycles. The lowest BCUT2D eigenvalue weighted by Gasteiger charge is -2.01. The van der Waals surface area contributed by atoms with Crippen molar-refractivity contribution >= 4 is 23.4 Å². The molecule has 0 amide bonds. The minimum atomic E-state index is 0.111. The summed E-state index contributed by atoms with van der Waals surface area (Å²) in [5, 5.41) is 1.74. The standard InChI is InChI=1S/C9H14OS/c1-8(6-7-11)4-3-5-9(2)10/h3,5,7-8H,4,6H2,1-2H3. The van der Waals surface area contributed by atoms with E-state index in [1.54, 1.807) is 18.4 Å². The first kappa shape index (κ1) is 10.5. The van der Waals surface area contributed by atoms with Crippen molar-refractivity contribution in [3.05, 3.63) is 12.2 Å². The third-order valence-corrected chi connectivity index (χ3v) is 1.58. The van der Waals surface area contributed by atoms with Crippen LogP contribution in [0.4, 0.5) is 0 Å². The van der Waals surface area contributed by atoms with E-state index in [1.807, 2.05) is 6.08 Å². The maximum atomic E-state index is 10.5. The Balaban J connectivity index is 3.51. The van der Waals surface area contributed by atoms with Crippen LogP contribution in [0.1, 0.15) is 26.7 Å². The first-order valence-corrected chi connectivity index (χ1v) is 4.24. The highest BCUT2D eigenvalue weighted by molar-refractivity contribution is 7.78. The summed E-state index contributed by atoms with van der Waals surface area (Å²) in [6.45, 7) is 3.67. The molecular weight excluding hydrogens is 156 g/mol. The minimum Gasteiger partial charge on any atom is -0.295 e. The van der Waals surface area contributed by atoms with Crippen molar-refractivity contribution in [3.63, 3.8) is 0 Å². The summed E-state index contributed by atoms with van der Waals surface area (Å²) in [6.07, 6.45) is 5.40. The number of carbonyl (C=O) groups is 1. The van der Waals surface area contributed by atoms with Crippen molar-refractivity contribution in [1.29, 1.82) is 0 Å². The van der Waals surface area contributed by atoms with Crippen molar-refractivity contribution in [2.45, 2.75) is 26.7 Å². The molecule has 0 spiro atoms. The highest BCUT2D eigenvalue weighted by Crippen LogP contribution is 2.05. The Morgan fingerprint density at radius 2 is 2.18 bits per heavy atom. The van der Waals surface area contributed by atoms with Crippen molar-refractivity contribution in [2.75, 3.05) is 0 Å². The summed E-state index contributed by atoms with van der Waals surface area (Å²) in [4.78, 5) is 10.5. The van der Waals surface area contributed by atoms with E-state index in [-0.39, 0.29) is 5.78 Å². The number of thiocarbonyl (C=S) groups is 1. The van der Waals surface area contributed by atoms with E-state index < -0.39 is 0 Å². The number of carbonyl (C=O) groups excluding carboxylic acids is 1. The quantitative estimate of drug-likeness (QED) is 0.466. The summed E-state index contributed by atoms with van der Waals surface area (Å²) in [7, 11) is 0. The van der Waals surface area contributed by atoms with Gasteiger partial charge in [0.05, 0.1) is 0 Å². The largest absolute Gasteiger partial charge is 0.295 e. The highest BCUT2D eigenvalue weighted by Gasteiger charge is 1.95. The molecule has 0 aliphatic carbocycles. The predicted octanol–water partition coefficient (Wildman–Crippen LogP) is 2.55. The maximum absolute atomic E-state index is 10.5. The molecule has 0 aromatic heterocycles. The van der Waals surface area contributed by atoms with Crippen LogP contribution in [-0.4, -0.2) is 11.2 Å². The normalized spacial score (nSPS) is 13.3. The van der Waals surface area contributed by atoms with E-state index in [4.69, 9.17) is 12.2 Å². The van der Waals surface area contributed by atoms with Gasteiger partial charge in [-0.2, -0.15) is 0 Å². The monoisotopic (exact) mass is 170 g/mol. The highest BCUT2D eigenvalue weighted by atomic mass is 32.1. The van der Waals surface area contributed by atoms with Gasteiger partial charge >= 0.3 is 0 Å². The van der Waals surface area contributed by atoms with E-state index in [2.05, 4.69) is 6.92 Å². The molecule has 1 unspecified atom stereocenters. The fourth-order valence-electron chi connectivity index (χ4n) is 0.727. The molecule has 0 aromatic carbocycles. The number of rotatable bonds is 5. The topological polar surface area (TPSA) is 17.1 Å². The van der Waals surface area contributed by atoms with Crippen molar-refractivity contribution in [3.8, 4) is 0 Å². The molecule has 0 heterocycles. The third-order valence-electron chi connectivity index (χ3n) is 1.39. The molecule has 0 aliphatic rings. The molecule has 0 rings (SSSR count). The average Bonchev–Trinajstić information content (AvgIpc) is 1.87. The van der Waals surface area contributed by atoms with Gasteiger partial charge in [0, 0.05) is 0 Å². The minimum absolute atomic E-state index is 0.111. The molecule has 0 saturated heterocycles. The molecule has 0 fully saturated rings.